The molecule has 2 aromatic rings. The lowest BCUT2D eigenvalue weighted by Gasteiger charge is -2.05. The van der Waals surface area contributed by atoms with Crippen LogP contribution in [0.1, 0.15) is 12.7 Å². The molecule has 1 aromatic heterocycles. The number of hydrogen-bond donors (Lipinski definition) is 1. The number of aliphatic carboxylic acids is 1. The second kappa shape index (κ2) is 5.49. The molecule has 0 saturated heterocycles. The van der Waals surface area contributed by atoms with Crippen LogP contribution in [0, 0.1) is 0 Å². The van der Waals surface area contributed by atoms with Crippen molar-refractivity contribution in [2.75, 3.05) is 6.61 Å². The van der Waals surface area contributed by atoms with Crippen molar-refractivity contribution < 1.29 is 14.6 Å². The molecule has 0 bridgehead atoms. The molecule has 1 N–H and O–H groups in total. The van der Waals surface area contributed by atoms with Crippen molar-refractivity contribution in [1.29, 1.82) is 0 Å². The molecular weight excluding hydrogens is 300 g/mol. The molecule has 0 radical (unpaired) electrons. The maximum Gasteiger partial charge on any atom is 0.329 e. The van der Waals surface area contributed by atoms with E-state index in [2.05, 4.69) is 20.9 Å². The minimum atomic E-state index is -0.975. The van der Waals surface area contributed by atoms with Crippen molar-refractivity contribution in [3.8, 4) is 0 Å². The molecule has 96 valence electrons. The lowest BCUT2D eigenvalue weighted by atomic mass is 10.3. The zero-order chi connectivity index (χ0) is 13.1. The summed E-state index contributed by atoms with van der Waals surface area (Å²) in [6.45, 7) is 2.68. The van der Waals surface area contributed by atoms with Gasteiger partial charge in [-0.2, -0.15) is 0 Å². The largest absolute Gasteiger partial charge is 0.480 e. The quantitative estimate of drug-likeness (QED) is 0.921. The molecule has 5 nitrogen and oxygen atoms in total. The summed E-state index contributed by atoms with van der Waals surface area (Å²) in [5.41, 5.74) is 1.90. The van der Waals surface area contributed by atoms with Gasteiger partial charge in [-0.1, -0.05) is 15.9 Å². The molecule has 1 heterocycles. The van der Waals surface area contributed by atoms with Gasteiger partial charge in [-0.05, 0) is 25.1 Å². The minimum Gasteiger partial charge on any atom is -0.480 e. The summed E-state index contributed by atoms with van der Waals surface area (Å²) in [5.74, 6) is -0.233. The van der Waals surface area contributed by atoms with Gasteiger partial charge in [-0.15, -0.1) is 0 Å². The van der Waals surface area contributed by atoms with Gasteiger partial charge in [0.05, 0.1) is 11.0 Å². The van der Waals surface area contributed by atoms with Crippen LogP contribution < -0.4 is 0 Å². The highest BCUT2D eigenvalue weighted by Gasteiger charge is 2.10. The fraction of sp³-hybridized carbons (Fsp3) is 0.333. The molecule has 0 unspecified atom stereocenters. The van der Waals surface area contributed by atoms with Gasteiger partial charge in [0.2, 0.25) is 0 Å². The number of fused-ring (bicyclic) bond motifs is 1. The van der Waals surface area contributed by atoms with E-state index in [1.165, 1.54) is 0 Å². The van der Waals surface area contributed by atoms with Crippen LogP contribution in [0.3, 0.4) is 0 Å². The Morgan fingerprint density at radius 1 is 1.56 bits per heavy atom. The number of benzene rings is 1. The van der Waals surface area contributed by atoms with Crippen LogP contribution in [-0.2, 0) is 22.7 Å². The number of nitrogens with zero attached hydrogens (tertiary/aromatic N) is 2. The van der Waals surface area contributed by atoms with Gasteiger partial charge < -0.3 is 14.4 Å². The lowest BCUT2D eigenvalue weighted by molar-refractivity contribution is -0.142. The first kappa shape index (κ1) is 13.0. The van der Waals surface area contributed by atoms with Crippen LogP contribution in [0.5, 0.6) is 0 Å². The number of imidazole rings is 1. The van der Waals surface area contributed by atoms with Crippen LogP contribution in [0.15, 0.2) is 22.7 Å². The second-order valence-electron chi connectivity index (χ2n) is 3.79. The van der Waals surface area contributed by atoms with Gasteiger partial charge in [0.25, 0.3) is 0 Å². The summed E-state index contributed by atoms with van der Waals surface area (Å²) in [6.07, 6.45) is 0. The zero-order valence-corrected chi connectivity index (χ0v) is 11.5. The van der Waals surface area contributed by atoms with E-state index in [0.29, 0.717) is 0 Å². The number of carbonyl (C=O) groups is 1. The smallest absolute Gasteiger partial charge is 0.329 e. The molecule has 18 heavy (non-hydrogen) atoms. The van der Waals surface area contributed by atoms with Crippen LogP contribution >= 0.6 is 15.9 Å². The van der Waals surface area contributed by atoms with Gasteiger partial charge in [-0.25, -0.2) is 9.78 Å². The van der Waals surface area contributed by atoms with Crippen LogP contribution in [0.2, 0.25) is 0 Å². The number of aromatic nitrogens is 2. The summed E-state index contributed by atoms with van der Waals surface area (Å²) >= 11 is 3.40. The van der Waals surface area contributed by atoms with E-state index in [1.807, 2.05) is 29.7 Å². The Balaban J connectivity index is 2.29. The number of ether oxygens (including phenoxy) is 1. The molecule has 2 rings (SSSR count). The summed E-state index contributed by atoms with van der Waals surface area (Å²) in [4.78, 5) is 14.9. The lowest BCUT2D eigenvalue weighted by Crippen LogP contribution is -2.10. The van der Waals surface area contributed by atoms with E-state index >= 15 is 0 Å². The maximum absolute atomic E-state index is 10.4. The normalized spacial score (nSPS) is 11.0. The Hall–Kier alpha value is -1.40. The first-order valence-electron chi connectivity index (χ1n) is 5.56. The van der Waals surface area contributed by atoms with E-state index in [4.69, 9.17) is 9.84 Å². The molecule has 0 amide bonds. The maximum atomic E-state index is 10.4. The van der Waals surface area contributed by atoms with E-state index in [9.17, 15) is 4.79 Å². The SMILES string of the molecule is CCn1c(COCC(=O)O)nc2cc(Br)ccc21. The predicted molar refractivity (Wildman–Crippen MR) is 70.4 cm³/mol. The zero-order valence-electron chi connectivity index (χ0n) is 9.89. The van der Waals surface area contributed by atoms with Crippen molar-refractivity contribution in [1.82, 2.24) is 9.55 Å². The van der Waals surface area contributed by atoms with Crippen molar-refractivity contribution in [3.63, 3.8) is 0 Å². The highest BCUT2D eigenvalue weighted by Crippen LogP contribution is 2.21. The molecule has 0 aliphatic carbocycles. The predicted octanol–water partition coefficient (Wildman–Crippen LogP) is 2.42. The third kappa shape index (κ3) is 2.70. The number of halogens is 1. The molecule has 1 aromatic carbocycles. The molecule has 0 saturated carbocycles. The molecule has 0 fully saturated rings. The fourth-order valence-electron chi connectivity index (χ4n) is 1.85. The Kier molecular flexibility index (Phi) is 3.98. The number of carboxylic acid groups (broad SMARTS) is 1. The standard InChI is InChI=1S/C12H13BrN2O3/c1-2-15-10-4-3-8(13)5-9(10)14-11(15)6-18-7-12(16)17/h3-5H,2,6-7H2,1H3,(H,16,17). The van der Waals surface area contributed by atoms with Gasteiger partial charge in [0, 0.05) is 11.0 Å². The summed E-state index contributed by atoms with van der Waals surface area (Å²) in [6, 6.07) is 5.87. The van der Waals surface area contributed by atoms with Crippen molar-refractivity contribution >= 4 is 32.9 Å². The number of carboxylic acids is 1. The minimum absolute atomic E-state index is 0.201. The number of rotatable bonds is 5. The van der Waals surface area contributed by atoms with Crippen LogP contribution in [-0.4, -0.2) is 27.2 Å². The topological polar surface area (TPSA) is 64.3 Å². The third-order valence-corrected chi connectivity index (χ3v) is 3.06. The van der Waals surface area contributed by atoms with Gasteiger partial charge in [-0.3, -0.25) is 0 Å². The summed E-state index contributed by atoms with van der Waals surface area (Å²) < 4.78 is 8.07. The molecule has 0 aliphatic rings. The Bertz CT molecular complexity index is 580. The highest BCUT2D eigenvalue weighted by molar-refractivity contribution is 9.10. The summed E-state index contributed by atoms with van der Waals surface area (Å²) in [7, 11) is 0. The molecule has 6 heteroatoms. The molecule has 0 aliphatic heterocycles. The Morgan fingerprint density at radius 3 is 3.00 bits per heavy atom. The first-order valence-corrected chi connectivity index (χ1v) is 6.35. The molecule has 0 spiro atoms. The molecular formula is C12H13BrN2O3. The second-order valence-corrected chi connectivity index (χ2v) is 4.71. The average Bonchev–Trinajstić information content (AvgIpc) is 2.65. The number of aryl methyl sites for hydroxylation is 1. The average molecular weight is 313 g/mol. The van der Waals surface area contributed by atoms with E-state index in [-0.39, 0.29) is 13.2 Å². The van der Waals surface area contributed by atoms with Gasteiger partial charge in [0.1, 0.15) is 19.0 Å². The monoisotopic (exact) mass is 312 g/mol. The number of hydrogen-bond acceptors (Lipinski definition) is 3. The molecule has 0 atom stereocenters. The van der Waals surface area contributed by atoms with Gasteiger partial charge >= 0.3 is 5.97 Å². The van der Waals surface area contributed by atoms with Crippen LogP contribution in [0.4, 0.5) is 0 Å². The fourth-order valence-corrected chi connectivity index (χ4v) is 2.19. The van der Waals surface area contributed by atoms with E-state index in [0.717, 1.165) is 27.9 Å². The van der Waals surface area contributed by atoms with Crippen molar-refractivity contribution in [3.05, 3.63) is 28.5 Å². The summed E-state index contributed by atoms with van der Waals surface area (Å²) in [5, 5.41) is 8.54. The first-order chi connectivity index (χ1) is 8.61. The van der Waals surface area contributed by atoms with E-state index in [1.54, 1.807) is 0 Å². The van der Waals surface area contributed by atoms with E-state index < -0.39 is 5.97 Å². The van der Waals surface area contributed by atoms with Gasteiger partial charge in [0.15, 0.2) is 0 Å². The van der Waals surface area contributed by atoms with Crippen molar-refractivity contribution in [2.24, 2.45) is 0 Å². The van der Waals surface area contributed by atoms with Crippen LogP contribution in [0.25, 0.3) is 11.0 Å². The highest BCUT2D eigenvalue weighted by atomic mass is 79.9. The Morgan fingerprint density at radius 2 is 2.33 bits per heavy atom. The van der Waals surface area contributed by atoms with Crippen molar-refractivity contribution in [2.45, 2.75) is 20.1 Å². The Labute approximate surface area is 113 Å². The third-order valence-electron chi connectivity index (χ3n) is 2.56.